The molecule has 1 fully saturated rings. The van der Waals surface area contributed by atoms with Gasteiger partial charge in [0.15, 0.2) is 0 Å². The summed E-state index contributed by atoms with van der Waals surface area (Å²) in [6.45, 7) is 8.26. The second kappa shape index (κ2) is 5.69. The first-order chi connectivity index (χ1) is 8.23. The fraction of sp³-hybridized carbons (Fsp3) is 0.846. The molecule has 2 unspecified atom stereocenters. The Bertz CT molecular complexity index is 323. The van der Waals surface area contributed by atoms with Crippen molar-refractivity contribution >= 4 is 11.9 Å². The van der Waals surface area contributed by atoms with Crippen LogP contribution in [0.15, 0.2) is 0 Å². The molecule has 104 valence electrons. The van der Waals surface area contributed by atoms with Crippen LogP contribution < -0.4 is 10.6 Å². The lowest BCUT2D eigenvalue weighted by Gasteiger charge is -2.33. The minimum atomic E-state index is -0.987. The molecule has 1 aliphatic heterocycles. The first-order valence-corrected chi connectivity index (χ1v) is 6.50. The van der Waals surface area contributed by atoms with Crippen molar-refractivity contribution < 1.29 is 14.7 Å². The lowest BCUT2D eigenvalue weighted by molar-refractivity contribution is -0.145. The van der Waals surface area contributed by atoms with Gasteiger partial charge in [-0.05, 0) is 30.7 Å². The Morgan fingerprint density at radius 1 is 1.39 bits per heavy atom. The number of amides is 1. The smallest absolute Gasteiger partial charge is 0.326 e. The van der Waals surface area contributed by atoms with Crippen molar-refractivity contribution in [2.24, 2.45) is 11.3 Å². The molecule has 0 radical (unpaired) electrons. The van der Waals surface area contributed by atoms with Crippen molar-refractivity contribution in [1.29, 1.82) is 0 Å². The van der Waals surface area contributed by atoms with Crippen LogP contribution in [0.25, 0.3) is 0 Å². The number of piperidine rings is 1. The van der Waals surface area contributed by atoms with E-state index in [1.54, 1.807) is 0 Å². The van der Waals surface area contributed by atoms with Crippen LogP contribution in [-0.4, -0.2) is 35.6 Å². The average molecular weight is 256 g/mol. The maximum atomic E-state index is 12.1. The molecule has 5 heteroatoms. The minimum Gasteiger partial charge on any atom is -0.480 e. The van der Waals surface area contributed by atoms with Crippen LogP contribution in [0.2, 0.25) is 0 Å². The number of carbonyl (C=O) groups excluding carboxylic acids is 1. The summed E-state index contributed by atoms with van der Waals surface area (Å²) in [7, 11) is 0. The Morgan fingerprint density at radius 2 is 2.00 bits per heavy atom. The van der Waals surface area contributed by atoms with E-state index >= 15 is 0 Å². The third-order valence-corrected chi connectivity index (χ3v) is 3.45. The molecule has 0 aromatic rings. The number of carboxylic acid groups (broad SMARTS) is 1. The predicted octanol–water partition coefficient (Wildman–Crippen LogP) is 0.990. The van der Waals surface area contributed by atoms with Gasteiger partial charge in [0.1, 0.15) is 6.04 Å². The van der Waals surface area contributed by atoms with Gasteiger partial charge in [0.05, 0.1) is 6.04 Å². The Morgan fingerprint density at radius 3 is 2.44 bits per heavy atom. The van der Waals surface area contributed by atoms with E-state index in [1.165, 1.54) is 0 Å². The molecule has 3 N–H and O–H groups in total. The highest BCUT2D eigenvalue weighted by molar-refractivity contribution is 5.87. The van der Waals surface area contributed by atoms with Crippen molar-refractivity contribution in [2.75, 3.05) is 6.54 Å². The fourth-order valence-corrected chi connectivity index (χ4v) is 2.28. The fourth-order valence-electron chi connectivity index (χ4n) is 2.28. The van der Waals surface area contributed by atoms with Crippen molar-refractivity contribution in [3.05, 3.63) is 0 Å². The normalized spacial score (nSPS) is 26.4. The quantitative estimate of drug-likeness (QED) is 0.703. The zero-order valence-electron chi connectivity index (χ0n) is 11.6. The maximum Gasteiger partial charge on any atom is 0.326 e. The van der Waals surface area contributed by atoms with Gasteiger partial charge in [0, 0.05) is 0 Å². The van der Waals surface area contributed by atoms with Crippen LogP contribution in [0.3, 0.4) is 0 Å². The Labute approximate surface area is 108 Å². The minimum absolute atomic E-state index is 0.204. The second-order valence-corrected chi connectivity index (χ2v) is 6.20. The van der Waals surface area contributed by atoms with Gasteiger partial charge in [0.2, 0.25) is 5.91 Å². The van der Waals surface area contributed by atoms with Crippen molar-refractivity contribution in [2.45, 2.75) is 52.6 Å². The van der Waals surface area contributed by atoms with E-state index in [2.05, 4.69) is 10.6 Å². The molecule has 1 saturated heterocycles. The van der Waals surface area contributed by atoms with Crippen LogP contribution in [0.1, 0.15) is 40.5 Å². The zero-order valence-corrected chi connectivity index (χ0v) is 11.6. The number of carboxylic acids is 1. The molecule has 0 aromatic heterocycles. The summed E-state index contributed by atoms with van der Waals surface area (Å²) in [5.74, 6) is -0.947. The van der Waals surface area contributed by atoms with Crippen molar-refractivity contribution in [3.8, 4) is 0 Å². The average Bonchev–Trinajstić information content (AvgIpc) is 2.24. The van der Waals surface area contributed by atoms with Crippen LogP contribution >= 0.6 is 0 Å². The number of hydrogen-bond acceptors (Lipinski definition) is 3. The molecule has 0 aliphatic carbocycles. The largest absolute Gasteiger partial charge is 0.480 e. The third-order valence-electron chi connectivity index (χ3n) is 3.45. The second-order valence-electron chi connectivity index (χ2n) is 6.20. The van der Waals surface area contributed by atoms with E-state index in [4.69, 9.17) is 0 Å². The number of hydrogen-bond donors (Lipinski definition) is 3. The zero-order chi connectivity index (χ0) is 13.9. The summed E-state index contributed by atoms with van der Waals surface area (Å²) in [6.07, 6.45) is 2.06. The summed E-state index contributed by atoms with van der Waals surface area (Å²) < 4.78 is 0. The predicted molar refractivity (Wildman–Crippen MR) is 69.2 cm³/mol. The highest BCUT2D eigenvalue weighted by Gasteiger charge is 2.36. The Kier molecular flexibility index (Phi) is 4.73. The molecule has 1 amide bonds. The maximum absolute atomic E-state index is 12.1. The first-order valence-electron chi connectivity index (χ1n) is 6.50. The Balaban J connectivity index is 2.69. The lowest BCUT2D eigenvalue weighted by Crippen LogP contribution is -2.57. The van der Waals surface area contributed by atoms with E-state index in [9.17, 15) is 14.7 Å². The molecule has 0 bridgehead atoms. The van der Waals surface area contributed by atoms with Gasteiger partial charge < -0.3 is 15.7 Å². The molecule has 5 nitrogen and oxygen atoms in total. The summed E-state index contributed by atoms with van der Waals surface area (Å²) in [6, 6.07) is -1.14. The van der Waals surface area contributed by atoms with E-state index in [0.29, 0.717) is 0 Å². The van der Waals surface area contributed by atoms with Gasteiger partial charge in [-0.25, -0.2) is 4.79 Å². The molecular weight excluding hydrogens is 232 g/mol. The molecule has 0 aromatic carbocycles. The summed E-state index contributed by atoms with van der Waals surface area (Å²) in [5, 5.41) is 15.0. The Hall–Kier alpha value is -1.10. The highest BCUT2D eigenvalue weighted by atomic mass is 16.4. The summed E-state index contributed by atoms with van der Waals surface area (Å²) in [5.41, 5.74) is -0.501. The van der Waals surface area contributed by atoms with E-state index < -0.39 is 17.4 Å². The number of nitrogens with one attached hydrogen (secondary N) is 2. The van der Waals surface area contributed by atoms with Gasteiger partial charge >= 0.3 is 5.97 Å². The molecule has 3 atom stereocenters. The van der Waals surface area contributed by atoms with Gasteiger partial charge in [-0.1, -0.05) is 27.7 Å². The van der Waals surface area contributed by atoms with Gasteiger partial charge in [0.25, 0.3) is 0 Å². The highest BCUT2D eigenvalue weighted by Crippen LogP contribution is 2.21. The van der Waals surface area contributed by atoms with E-state index in [1.807, 2.05) is 27.7 Å². The van der Waals surface area contributed by atoms with Crippen LogP contribution in [0.4, 0.5) is 0 Å². The first kappa shape index (κ1) is 15.0. The number of carbonyl (C=O) groups is 2. The van der Waals surface area contributed by atoms with Crippen molar-refractivity contribution in [3.63, 3.8) is 0 Å². The number of rotatable bonds is 3. The van der Waals surface area contributed by atoms with Crippen LogP contribution in [-0.2, 0) is 9.59 Å². The molecular formula is C13H24N2O3. The lowest BCUT2D eigenvalue weighted by atomic mass is 9.85. The topological polar surface area (TPSA) is 78.4 Å². The van der Waals surface area contributed by atoms with Gasteiger partial charge in [-0.15, -0.1) is 0 Å². The SMILES string of the molecule is CC1CCCNC1C(=O)N[C@@H](C(=O)O)C(C)(C)C. The molecule has 0 saturated carbocycles. The van der Waals surface area contributed by atoms with Crippen LogP contribution in [0, 0.1) is 11.3 Å². The molecule has 0 spiro atoms. The molecule has 1 aliphatic rings. The standard InChI is InChI=1S/C13H24N2O3/c1-8-6-5-7-14-9(8)11(16)15-10(12(17)18)13(2,3)4/h8-10,14H,5-7H2,1-4H3,(H,15,16)(H,17,18)/t8?,9?,10-/m0/s1. The van der Waals surface area contributed by atoms with Crippen LogP contribution in [0.5, 0.6) is 0 Å². The molecule has 18 heavy (non-hydrogen) atoms. The van der Waals surface area contributed by atoms with E-state index in [-0.39, 0.29) is 17.9 Å². The van der Waals surface area contributed by atoms with Gasteiger partial charge in [-0.2, -0.15) is 0 Å². The molecule has 1 rings (SSSR count). The monoisotopic (exact) mass is 256 g/mol. The van der Waals surface area contributed by atoms with E-state index in [0.717, 1.165) is 19.4 Å². The summed E-state index contributed by atoms with van der Waals surface area (Å²) in [4.78, 5) is 23.3. The van der Waals surface area contributed by atoms with Crippen molar-refractivity contribution in [1.82, 2.24) is 10.6 Å². The molecule has 1 heterocycles. The summed E-state index contributed by atoms with van der Waals surface area (Å²) >= 11 is 0. The number of aliphatic carboxylic acids is 1. The van der Waals surface area contributed by atoms with Gasteiger partial charge in [-0.3, -0.25) is 4.79 Å². The third kappa shape index (κ3) is 3.70.